The number of aliphatic hydroxyl groups excluding tert-OH is 1. The molecule has 24 heavy (non-hydrogen) atoms. The number of nitrogens with one attached hydrogen (secondary N) is 1. The van der Waals surface area contributed by atoms with Crippen LogP contribution in [-0.2, 0) is 6.54 Å². The van der Waals surface area contributed by atoms with Crippen molar-refractivity contribution in [3.8, 4) is 11.3 Å². The Morgan fingerprint density at radius 2 is 1.92 bits per heavy atom. The van der Waals surface area contributed by atoms with Crippen molar-refractivity contribution in [1.82, 2.24) is 10.3 Å². The number of thiazole rings is 1. The molecule has 0 fully saturated rings. The van der Waals surface area contributed by atoms with Gasteiger partial charge in [-0.15, -0.1) is 0 Å². The monoisotopic (exact) mass is 347 g/mol. The molecule has 0 aliphatic carbocycles. The number of hydrogen-bond donors (Lipinski definition) is 2. The summed E-state index contributed by atoms with van der Waals surface area (Å²) in [5.41, 5.74) is 2.28. The van der Waals surface area contributed by atoms with E-state index in [1.165, 1.54) is 4.88 Å². The first kappa shape index (κ1) is 18.9. The van der Waals surface area contributed by atoms with Crippen LogP contribution in [0.5, 0.6) is 0 Å². The highest BCUT2D eigenvalue weighted by molar-refractivity contribution is 7.16. The van der Waals surface area contributed by atoms with E-state index < -0.39 is 0 Å². The van der Waals surface area contributed by atoms with Crippen molar-refractivity contribution in [1.29, 1.82) is 0 Å². The van der Waals surface area contributed by atoms with E-state index in [4.69, 9.17) is 4.98 Å². The van der Waals surface area contributed by atoms with Crippen molar-refractivity contribution in [2.24, 2.45) is 5.41 Å². The zero-order chi connectivity index (χ0) is 17.7. The Morgan fingerprint density at radius 1 is 1.25 bits per heavy atom. The summed E-state index contributed by atoms with van der Waals surface area (Å²) < 4.78 is 0. The topological polar surface area (TPSA) is 48.4 Å². The van der Waals surface area contributed by atoms with Crippen LogP contribution >= 0.6 is 11.3 Å². The van der Waals surface area contributed by atoms with Crippen molar-refractivity contribution in [3.05, 3.63) is 35.2 Å². The summed E-state index contributed by atoms with van der Waals surface area (Å²) in [5.74, 6) is 0. The predicted molar refractivity (Wildman–Crippen MR) is 104 cm³/mol. The Balaban J connectivity index is 2.12. The zero-order valence-corrected chi connectivity index (χ0v) is 16.2. The van der Waals surface area contributed by atoms with Gasteiger partial charge in [0.25, 0.3) is 0 Å². The maximum atomic E-state index is 9.62. The van der Waals surface area contributed by atoms with E-state index in [2.05, 4.69) is 36.2 Å². The van der Waals surface area contributed by atoms with E-state index in [1.807, 2.05) is 39.2 Å². The highest BCUT2D eigenvalue weighted by Gasteiger charge is 2.21. The minimum atomic E-state index is -0.273. The van der Waals surface area contributed by atoms with Gasteiger partial charge in [0.1, 0.15) is 0 Å². The van der Waals surface area contributed by atoms with Crippen LogP contribution in [0.15, 0.2) is 30.3 Å². The first-order valence-corrected chi connectivity index (χ1v) is 9.21. The minimum Gasteiger partial charge on any atom is -0.393 e. The Bertz CT molecular complexity index is 635. The molecule has 0 saturated carbocycles. The molecule has 5 heteroatoms. The van der Waals surface area contributed by atoms with Crippen molar-refractivity contribution in [3.63, 3.8) is 0 Å². The van der Waals surface area contributed by atoms with Crippen LogP contribution in [0.3, 0.4) is 0 Å². The van der Waals surface area contributed by atoms with Gasteiger partial charge in [-0.1, -0.05) is 55.5 Å². The van der Waals surface area contributed by atoms with Gasteiger partial charge in [0.15, 0.2) is 5.13 Å². The van der Waals surface area contributed by atoms with Crippen LogP contribution < -0.4 is 10.2 Å². The second-order valence-corrected chi connectivity index (χ2v) is 8.41. The number of aromatic nitrogens is 1. The summed E-state index contributed by atoms with van der Waals surface area (Å²) in [7, 11) is 4.05. The van der Waals surface area contributed by atoms with Gasteiger partial charge >= 0.3 is 0 Å². The van der Waals surface area contributed by atoms with Gasteiger partial charge in [-0.3, -0.25) is 0 Å². The Morgan fingerprint density at radius 3 is 2.50 bits per heavy atom. The maximum absolute atomic E-state index is 9.62. The van der Waals surface area contributed by atoms with Crippen LogP contribution in [0.2, 0.25) is 0 Å². The molecule has 0 amide bonds. The first-order valence-electron chi connectivity index (χ1n) is 8.40. The van der Waals surface area contributed by atoms with Gasteiger partial charge in [-0.25, -0.2) is 4.98 Å². The summed E-state index contributed by atoms with van der Waals surface area (Å²) in [5, 5.41) is 14.2. The molecule has 0 bridgehead atoms. The number of anilines is 1. The Kier molecular flexibility index (Phi) is 6.38. The van der Waals surface area contributed by atoms with E-state index >= 15 is 0 Å². The standard InChI is InChI=1S/C19H29N3OS/c1-14(23)11-19(2,3)13-20-12-16-17(15-9-7-6-8-10-15)21-18(24-16)22(4)5/h6-10,14,20,23H,11-13H2,1-5H3. The normalized spacial score (nSPS) is 13.1. The number of hydrogen-bond acceptors (Lipinski definition) is 5. The number of aliphatic hydroxyl groups is 1. The van der Waals surface area contributed by atoms with Crippen molar-refractivity contribution in [2.75, 3.05) is 25.5 Å². The van der Waals surface area contributed by atoms with E-state index in [1.54, 1.807) is 11.3 Å². The predicted octanol–water partition coefficient (Wildman–Crippen LogP) is 3.76. The van der Waals surface area contributed by atoms with E-state index in [0.29, 0.717) is 0 Å². The highest BCUT2D eigenvalue weighted by atomic mass is 32.1. The SMILES string of the molecule is CC(O)CC(C)(C)CNCc1sc(N(C)C)nc1-c1ccccc1. The third kappa shape index (κ3) is 5.30. The van der Waals surface area contributed by atoms with Gasteiger partial charge in [0.05, 0.1) is 11.8 Å². The number of rotatable bonds is 8. The van der Waals surface area contributed by atoms with Crippen LogP contribution in [0.4, 0.5) is 5.13 Å². The lowest BCUT2D eigenvalue weighted by atomic mass is 9.87. The molecule has 1 aromatic carbocycles. The lowest BCUT2D eigenvalue weighted by Crippen LogP contribution is -2.31. The second kappa shape index (κ2) is 8.10. The molecule has 1 heterocycles. The summed E-state index contributed by atoms with van der Waals surface area (Å²) in [4.78, 5) is 8.11. The molecular formula is C19H29N3OS. The zero-order valence-electron chi connectivity index (χ0n) is 15.3. The molecule has 2 aromatic rings. The molecule has 0 saturated heterocycles. The third-order valence-electron chi connectivity index (χ3n) is 3.85. The average molecular weight is 348 g/mol. The molecule has 2 N–H and O–H groups in total. The van der Waals surface area contributed by atoms with E-state index in [-0.39, 0.29) is 11.5 Å². The molecule has 0 aliphatic heterocycles. The van der Waals surface area contributed by atoms with Crippen LogP contribution in [0.25, 0.3) is 11.3 Å². The summed E-state index contributed by atoms with van der Waals surface area (Å²) in [6.07, 6.45) is 0.516. The van der Waals surface area contributed by atoms with Gasteiger partial charge in [-0.05, 0) is 18.8 Å². The molecule has 1 aromatic heterocycles. The Hall–Kier alpha value is -1.43. The van der Waals surface area contributed by atoms with Crippen molar-refractivity contribution in [2.45, 2.75) is 39.8 Å². The quantitative estimate of drug-likeness (QED) is 0.763. The molecule has 1 atom stereocenters. The smallest absolute Gasteiger partial charge is 0.185 e. The lowest BCUT2D eigenvalue weighted by molar-refractivity contribution is 0.128. The fourth-order valence-electron chi connectivity index (χ4n) is 2.86. The highest BCUT2D eigenvalue weighted by Crippen LogP contribution is 2.32. The largest absolute Gasteiger partial charge is 0.393 e. The molecule has 0 radical (unpaired) electrons. The molecule has 4 nitrogen and oxygen atoms in total. The molecular weight excluding hydrogens is 318 g/mol. The average Bonchev–Trinajstić information content (AvgIpc) is 2.91. The van der Waals surface area contributed by atoms with E-state index in [9.17, 15) is 5.11 Å². The summed E-state index contributed by atoms with van der Waals surface area (Å²) in [6, 6.07) is 10.3. The summed E-state index contributed by atoms with van der Waals surface area (Å²) >= 11 is 1.73. The van der Waals surface area contributed by atoms with Gasteiger partial charge in [0.2, 0.25) is 0 Å². The van der Waals surface area contributed by atoms with Crippen molar-refractivity contribution < 1.29 is 5.11 Å². The van der Waals surface area contributed by atoms with E-state index in [0.717, 1.165) is 35.9 Å². The van der Waals surface area contributed by atoms with Crippen LogP contribution in [-0.4, -0.2) is 36.8 Å². The number of benzene rings is 1. The van der Waals surface area contributed by atoms with Gasteiger partial charge < -0.3 is 15.3 Å². The van der Waals surface area contributed by atoms with Crippen LogP contribution in [0.1, 0.15) is 32.1 Å². The van der Waals surface area contributed by atoms with Crippen molar-refractivity contribution >= 4 is 16.5 Å². The van der Waals surface area contributed by atoms with Gasteiger partial charge in [-0.2, -0.15) is 0 Å². The summed E-state index contributed by atoms with van der Waals surface area (Å²) in [6.45, 7) is 7.87. The Labute approximate surface area is 149 Å². The molecule has 0 aliphatic rings. The molecule has 1 unspecified atom stereocenters. The third-order valence-corrected chi connectivity index (χ3v) is 5.08. The minimum absolute atomic E-state index is 0.0656. The fourth-order valence-corrected chi connectivity index (χ4v) is 3.83. The van der Waals surface area contributed by atoms with Crippen LogP contribution in [0, 0.1) is 5.41 Å². The molecule has 0 spiro atoms. The second-order valence-electron chi connectivity index (χ2n) is 7.35. The molecule has 2 rings (SSSR count). The molecule has 132 valence electrons. The fraction of sp³-hybridized carbons (Fsp3) is 0.526. The maximum Gasteiger partial charge on any atom is 0.185 e. The number of nitrogens with zero attached hydrogens (tertiary/aromatic N) is 2. The first-order chi connectivity index (χ1) is 11.3. The van der Waals surface area contributed by atoms with Gasteiger partial charge in [0, 0.05) is 37.6 Å². The lowest BCUT2D eigenvalue weighted by Gasteiger charge is -2.26.